The van der Waals surface area contributed by atoms with Gasteiger partial charge >= 0.3 is 0 Å². The molecule has 0 aromatic heterocycles. The molecule has 0 aliphatic carbocycles. The van der Waals surface area contributed by atoms with Crippen LogP contribution in [0.5, 0.6) is 5.75 Å². The van der Waals surface area contributed by atoms with Crippen molar-refractivity contribution in [2.45, 2.75) is 32.2 Å². The Bertz CT molecular complexity index is 493. The van der Waals surface area contributed by atoms with E-state index in [9.17, 15) is 5.11 Å². The summed E-state index contributed by atoms with van der Waals surface area (Å²) < 4.78 is 0. The largest absolute Gasteiger partial charge is 0.508 e. The van der Waals surface area contributed by atoms with Gasteiger partial charge in [0.15, 0.2) is 0 Å². The molecule has 2 aromatic rings. The van der Waals surface area contributed by atoms with E-state index in [1.807, 2.05) is 18.2 Å². The topological polar surface area (TPSA) is 32.3 Å². The molecule has 0 fully saturated rings. The van der Waals surface area contributed by atoms with Gasteiger partial charge in [-0.25, -0.2) is 0 Å². The first-order chi connectivity index (χ1) is 9.81. The third-order valence-corrected chi connectivity index (χ3v) is 3.49. The van der Waals surface area contributed by atoms with Crippen LogP contribution in [0.15, 0.2) is 54.6 Å². The minimum absolute atomic E-state index is 0.189. The molecular weight excluding hydrogens is 246 g/mol. The van der Waals surface area contributed by atoms with Crippen LogP contribution in [0.25, 0.3) is 0 Å². The zero-order valence-electron chi connectivity index (χ0n) is 12.0. The van der Waals surface area contributed by atoms with E-state index in [1.54, 1.807) is 12.1 Å². The average molecular weight is 269 g/mol. The summed E-state index contributed by atoms with van der Waals surface area (Å²) in [5.41, 5.74) is 2.44. The highest BCUT2D eigenvalue weighted by Crippen LogP contribution is 2.23. The van der Waals surface area contributed by atoms with Crippen LogP contribution in [-0.2, 0) is 0 Å². The summed E-state index contributed by atoms with van der Waals surface area (Å²) in [5, 5.41) is 13.1. The molecule has 2 heteroatoms. The molecular formula is C18H23NO. The zero-order chi connectivity index (χ0) is 14.2. The summed E-state index contributed by atoms with van der Waals surface area (Å²) in [6, 6.07) is 18.1. The number of unbranched alkanes of at least 4 members (excludes halogenated alkanes) is 2. The molecule has 0 aliphatic heterocycles. The lowest BCUT2D eigenvalue weighted by Crippen LogP contribution is -2.23. The van der Waals surface area contributed by atoms with E-state index in [0.717, 1.165) is 6.54 Å². The molecule has 0 saturated carbocycles. The molecule has 2 nitrogen and oxygen atoms in total. The number of phenols is 1. The van der Waals surface area contributed by atoms with Gasteiger partial charge in [0.2, 0.25) is 0 Å². The standard InChI is InChI=1S/C18H23NO/c1-2-3-7-14-19-18(15-8-5-4-6-9-15)16-10-12-17(20)13-11-16/h4-6,8-13,18-20H,2-3,7,14H2,1H3. The Morgan fingerprint density at radius 3 is 2.20 bits per heavy atom. The minimum Gasteiger partial charge on any atom is -0.508 e. The molecule has 0 bridgehead atoms. The molecule has 0 heterocycles. The van der Waals surface area contributed by atoms with Crippen molar-refractivity contribution in [3.8, 4) is 5.75 Å². The van der Waals surface area contributed by atoms with Gasteiger partial charge in [-0.1, -0.05) is 62.2 Å². The maximum atomic E-state index is 9.43. The Morgan fingerprint density at radius 2 is 1.55 bits per heavy atom. The Kier molecular flexibility index (Phi) is 5.63. The van der Waals surface area contributed by atoms with Crippen LogP contribution in [0.4, 0.5) is 0 Å². The maximum absolute atomic E-state index is 9.43. The van der Waals surface area contributed by atoms with Crippen molar-refractivity contribution in [2.75, 3.05) is 6.54 Å². The quantitative estimate of drug-likeness (QED) is 0.736. The molecule has 1 atom stereocenters. The normalized spacial score (nSPS) is 12.2. The molecule has 0 radical (unpaired) electrons. The first-order valence-corrected chi connectivity index (χ1v) is 7.38. The lowest BCUT2D eigenvalue weighted by atomic mass is 9.98. The van der Waals surface area contributed by atoms with Crippen molar-refractivity contribution < 1.29 is 5.11 Å². The molecule has 1 unspecified atom stereocenters. The van der Waals surface area contributed by atoms with E-state index in [2.05, 4.69) is 36.5 Å². The number of hydrogen-bond donors (Lipinski definition) is 2. The average Bonchev–Trinajstić information content (AvgIpc) is 2.50. The molecule has 20 heavy (non-hydrogen) atoms. The number of nitrogens with one attached hydrogen (secondary N) is 1. The van der Waals surface area contributed by atoms with E-state index in [1.165, 1.54) is 30.4 Å². The van der Waals surface area contributed by atoms with Gasteiger partial charge in [-0.2, -0.15) is 0 Å². The van der Waals surface area contributed by atoms with Crippen molar-refractivity contribution in [1.82, 2.24) is 5.32 Å². The predicted octanol–water partition coefficient (Wildman–Crippen LogP) is 4.26. The molecule has 2 aromatic carbocycles. The number of rotatable bonds is 7. The van der Waals surface area contributed by atoms with Crippen LogP contribution in [0.2, 0.25) is 0 Å². The van der Waals surface area contributed by atoms with Crippen molar-refractivity contribution >= 4 is 0 Å². The van der Waals surface area contributed by atoms with Gasteiger partial charge in [0.05, 0.1) is 6.04 Å². The van der Waals surface area contributed by atoms with Crippen molar-refractivity contribution in [1.29, 1.82) is 0 Å². The summed E-state index contributed by atoms with van der Waals surface area (Å²) >= 11 is 0. The van der Waals surface area contributed by atoms with Gasteiger partial charge in [-0.15, -0.1) is 0 Å². The van der Waals surface area contributed by atoms with Crippen LogP contribution in [0, 0.1) is 0 Å². The number of aromatic hydroxyl groups is 1. The molecule has 0 amide bonds. The zero-order valence-corrected chi connectivity index (χ0v) is 12.0. The van der Waals surface area contributed by atoms with Gasteiger partial charge in [-0.05, 0) is 36.2 Å². The minimum atomic E-state index is 0.189. The number of hydrogen-bond acceptors (Lipinski definition) is 2. The van der Waals surface area contributed by atoms with Crippen LogP contribution >= 0.6 is 0 Å². The fourth-order valence-electron chi connectivity index (χ4n) is 2.36. The van der Waals surface area contributed by atoms with E-state index >= 15 is 0 Å². The van der Waals surface area contributed by atoms with Crippen molar-refractivity contribution in [3.63, 3.8) is 0 Å². The second-order valence-electron chi connectivity index (χ2n) is 5.10. The third-order valence-electron chi connectivity index (χ3n) is 3.49. The molecule has 106 valence electrons. The van der Waals surface area contributed by atoms with E-state index in [4.69, 9.17) is 0 Å². The predicted molar refractivity (Wildman–Crippen MR) is 83.9 cm³/mol. The van der Waals surface area contributed by atoms with E-state index in [0.29, 0.717) is 5.75 Å². The second kappa shape index (κ2) is 7.71. The summed E-state index contributed by atoms with van der Waals surface area (Å²) in [6.07, 6.45) is 3.68. The number of benzene rings is 2. The third kappa shape index (κ3) is 4.10. The fourth-order valence-corrected chi connectivity index (χ4v) is 2.36. The van der Waals surface area contributed by atoms with Crippen molar-refractivity contribution in [3.05, 3.63) is 65.7 Å². The lowest BCUT2D eigenvalue weighted by molar-refractivity contribution is 0.474. The van der Waals surface area contributed by atoms with Crippen LogP contribution in [0.1, 0.15) is 43.4 Å². The second-order valence-corrected chi connectivity index (χ2v) is 5.10. The SMILES string of the molecule is CCCCCNC(c1ccccc1)c1ccc(O)cc1. The molecule has 0 spiro atoms. The Hall–Kier alpha value is -1.80. The van der Waals surface area contributed by atoms with Gasteiger partial charge in [0.25, 0.3) is 0 Å². The highest BCUT2D eigenvalue weighted by Gasteiger charge is 2.12. The summed E-state index contributed by atoms with van der Waals surface area (Å²) in [6.45, 7) is 3.23. The van der Waals surface area contributed by atoms with Crippen LogP contribution in [0.3, 0.4) is 0 Å². The van der Waals surface area contributed by atoms with Crippen LogP contribution < -0.4 is 5.32 Å². The highest BCUT2D eigenvalue weighted by atomic mass is 16.3. The van der Waals surface area contributed by atoms with Crippen LogP contribution in [-0.4, -0.2) is 11.7 Å². The highest BCUT2D eigenvalue weighted by molar-refractivity contribution is 5.34. The Balaban J connectivity index is 2.13. The first kappa shape index (κ1) is 14.6. The number of phenolic OH excluding ortho intramolecular Hbond substituents is 1. The maximum Gasteiger partial charge on any atom is 0.115 e. The van der Waals surface area contributed by atoms with Gasteiger partial charge in [-0.3, -0.25) is 0 Å². The first-order valence-electron chi connectivity index (χ1n) is 7.38. The molecule has 0 aliphatic rings. The van der Waals surface area contributed by atoms with E-state index in [-0.39, 0.29) is 6.04 Å². The molecule has 0 saturated heterocycles. The Labute approximate surface area is 121 Å². The van der Waals surface area contributed by atoms with Gasteiger partial charge < -0.3 is 10.4 Å². The Morgan fingerprint density at radius 1 is 0.900 bits per heavy atom. The molecule has 2 N–H and O–H groups in total. The lowest BCUT2D eigenvalue weighted by Gasteiger charge is -2.20. The smallest absolute Gasteiger partial charge is 0.115 e. The summed E-state index contributed by atoms with van der Waals surface area (Å²) in [4.78, 5) is 0. The van der Waals surface area contributed by atoms with Crippen molar-refractivity contribution in [2.24, 2.45) is 0 Å². The monoisotopic (exact) mass is 269 g/mol. The summed E-state index contributed by atoms with van der Waals surface area (Å²) in [5.74, 6) is 0.312. The van der Waals surface area contributed by atoms with Gasteiger partial charge in [0.1, 0.15) is 5.75 Å². The van der Waals surface area contributed by atoms with E-state index < -0.39 is 0 Å². The molecule has 2 rings (SSSR count). The van der Waals surface area contributed by atoms with Gasteiger partial charge in [0, 0.05) is 0 Å². The fraction of sp³-hybridized carbons (Fsp3) is 0.333. The summed E-state index contributed by atoms with van der Waals surface area (Å²) in [7, 11) is 0.